The molecule has 0 aromatic heterocycles. The van der Waals surface area contributed by atoms with Gasteiger partial charge in [-0.15, -0.1) is 12.4 Å². The van der Waals surface area contributed by atoms with Crippen molar-refractivity contribution in [1.29, 1.82) is 0 Å². The second kappa shape index (κ2) is 11.2. The molecule has 0 aliphatic rings. The lowest BCUT2D eigenvalue weighted by Crippen LogP contribution is -2.30. The molecule has 1 atom stereocenters. The van der Waals surface area contributed by atoms with Gasteiger partial charge in [-0.05, 0) is 36.1 Å². The number of hydrogen-bond donors (Lipinski definition) is 3. The molecule has 0 fully saturated rings. The van der Waals surface area contributed by atoms with Gasteiger partial charge < -0.3 is 11.1 Å². The predicted octanol–water partition coefficient (Wildman–Crippen LogP) is 2.80. The number of benzene rings is 2. The van der Waals surface area contributed by atoms with Crippen molar-refractivity contribution >= 4 is 34.0 Å². The Bertz CT molecular complexity index is 858. The second-order valence-corrected chi connectivity index (χ2v) is 8.51. The highest BCUT2D eigenvalue weighted by Crippen LogP contribution is 2.21. The highest BCUT2D eigenvalue weighted by atomic mass is 35.5. The predicted molar refractivity (Wildman–Crippen MR) is 115 cm³/mol. The van der Waals surface area contributed by atoms with E-state index < -0.39 is 10.0 Å². The number of amides is 1. The molecule has 0 radical (unpaired) electrons. The van der Waals surface area contributed by atoms with Gasteiger partial charge in [0.2, 0.25) is 15.9 Å². The van der Waals surface area contributed by atoms with Gasteiger partial charge in [0.25, 0.3) is 0 Å². The van der Waals surface area contributed by atoms with E-state index >= 15 is 0 Å². The van der Waals surface area contributed by atoms with E-state index in [4.69, 9.17) is 5.73 Å². The minimum atomic E-state index is -3.65. The summed E-state index contributed by atoms with van der Waals surface area (Å²) in [5.74, 6) is -0.204. The van der Waals surface area contributed by atoms with Crippen molar-refractivity contribution in [2.75, 3.05) is 18.4 Å². The molecule has 8 heteroatoms. The van der Waals surface area contributed by atoms with Crippen LogP contribution in [0.25, 0.3) is 0 Å². The molecule has 0 saturated carbocycles. The Morgan fingerprint density at radius 3 is 2.36 bits per heavy atom. The summed E-state index contributed by atoms with van der Waals surface area (Å²) < 4.78 is 26.9. The van der Waals surface area contributed by atoms with Crippen molar-refractivity contribution in [1.82, 2.24) is 4.72 Å². The van der Waals surface area contributed by atoms with Crippen LogP contribution in [0.3, 0.4) is 0 Å². The van der Waals surface area contributed by atoms with E-state index in [2.05, 4.69) is 10.0 Å². The Hall–Kier alpha value is -1.93. The first-order valence-electron chi connectivity index (χ1n) is 8.98. The van der Waals surface area contributed by atoms with E-state index in [1.54, 1.807) is 12.1 Å². The quantitative estimate of drug-likeness (QED) is 0.574. The van der Waals surface area contributed by atoms with Crippen LogP contribution in [0.4, 0.5) is 5.69 Å². The van der Waals surface area contributed by atoms with E-state index in [9.17, 15) is 13.2 Å². The number of nitrogens with one attached hydrogen (secondary N) is 2. The molecule has 2 aromatic rings. The van der Waals surface area contributed by atoms with E-state index in [1.807, 2.05) is 44.2 Å². The first-order chi connectivity index (χ1) is 12.8. The minimum Gasteiger partial charge on any atom is -0.329 e. The monoisotopic (exact) mass is 425 g/mol. The summed E-state index contributed by atoms with van der Waals surface area (Å²) >= 11 is 0. The average molecular weight is 426 g/mol. The van der Waals surface area contributed by atoms with Crippen molar-refractivity contribution in [2.24, 2.45) is 17.6 Å². The molecule has 154 valence electrons. The van der Waals surface area contributed by atoms with Crippen molar-refractivity contribution in [2.45, 2.75) is 25.2 Å². The van der Waals surface area contributed by atoms with Gasteiger partial charge in [-0.25, -0.2) is 13.1 Å². The van der Waals surface area contributed by atoms with Gasteiger partial charge in [-0.3, -0.25) is 4.79 Å². The smallest absolute Gasteiger partial charge is 0.240 e. The lowest BCUT2D eigenvalue weighted by molar-refractivity contribution is -0.121. The van der Waals surface area contributed by atoms with Gasteiger partial charge in [0.15, 0.2) is 0 Å². The molecular weight excluding hydrogens is 398 g/mol. The van der Waals surface area contributed by atoms with Gasteiger partial charge in [0.1, 0.15) is 0 Å². The van der Waals surface area contributed by atoms with Crippen LogP contribution in [0.1, 0.15) is 19.4 Å². The normalized spacial score (nSPS) is 12.3. The zero-order valence-electron chi connectivity index (χ0n) is 16.1. The summed E-state index contributed by atoms with van der Waals surface area (Å²) in [7, 11) is -3.65. The highest BCUT2D eigenvalue weighted by molar-refractivity contribution is 7.89. The molecule has 0 spiro atoms. The van der Waals surface area contributed by atoms with Gasteiger partial charge in [-0.1, -0.05) is 50.2 Å². The fraction of sp³-hybridized carbons (Fsp3) is 0.350. The maximum absolute atomic E-state index is 12.8. The van der Waals surface area contributed by atoms with E-state index in [1.165, 1.54) is 12.1 Å². The first-order valence-corrected chi connectivity index (χ1v) is 10.5. The molecule has 0 aliphatic carbocycles. The number of halogens is 1. The lowest BCUT2D eigenvalue weighted by Gasteiger charge is -2.20. The van der Waals surface area contributed by atoms with Crippen LogP contribution in [-0.2, 0) is 21.2 Å². The average Bonchev–Trinajstić information content (AvgIpc) is 2.65. The fourth-order valence-corrected chi connectivity index (χ4v) is 3.84. The molecule has 4 N–H and O–H groups in total. The minimum absolute atomic E-state index is 0. The Balaban J connectivity index is 0.00000392. The Morgan fingerprint density at radius 1 is 1.07 bits per heavy atom. The third-order valence-corrected chi connectivity index (χ3v) is 5.75. The van der Waals surface area contributed by atoms with Crippen LogP contribution in [-0.4, -0.2) is 27.4 Å². The van der Waals surface area contributed by atoms with Crippen LogP contribution >= 0.6 is 12.4 Å². The molecule has 0 saturated heterocycles. The molecule has 28 heavy (non-hydrogen) atoms. The molecule has 1 amide bonds. The maximum Gasteiger partial charge on any atom is 0.240 e. The zero-order valence-corrected chi connectivity index (χ0v) is 17.7. The summed E-state index contributed by atoms with van der Waals surface area (Å²) in [4.78, 5) is 12.9. The number of nitrogens with two attached hydrogens (primary N) is 1. The van der Waals surface area contributed by atoms with Gasteiger partial charge >= 0.3 is 0 Å². The fourth-order valence-electron chi connectivity index (χ4n) is 2.75. The summed E-state index contributed by atoms with van der Waals surface area (Å²) in [6, 6.07) is 16.1. The van der Waals surface area contributed by atoms with E-state index in [0.29, 0.717) is 12.1 Å². The van der Waals surface area contributed by atoms with Gasteiger partial charge in [0.05, 0.1) is 4.90 Å². The number of hydrogen-bond acceptors (Lipinski definition) is 4. The summed E-state index contributed by atoms with van der Waals surface area (Å²) in [5.41, 5.74) is 6.89. The molecule has 2 aromatic carbocycles. The molecule has 0 heterocycles. The van der Waals surface area contributed by atoms with Gasteiger partial charge in [0, 0.05) is 24.7 Å². The summed E-state index contributed by atoms with van der Waals surface area (Å²) in [6.45, 7) is 4.38. The third-order valence-electron chi connectivity index (χ3n) is 4.29. The molecule has 0 aliphatic heterocycles. The Kier molecular flexibility index (Phi) is 9.61. The first kappa shape index (κ1) is 24.1. The zero-order chi connectivity index (χ0) is 19.9. The van der Waals surface area contributed by atoms with Crippen LogP contribution in [0.15, 0.2) is 59.5 Å². The van der Waals surface area contributed by atoms with Crippen LogP contribution < -0.4 is 15.8 Å². The van der Waals surface area contributed by atoms with Crippen LogP contribution in [0, 0.1) is 11.8 Å². The maximum atomic E-state index is 12.8. The molecule has 1 unspecified atom stereocenters. The molecular formula is C20H28ClN3O3S. The standard InChI is InChI=1S/C20H27N3O3S.ClH/c1-15(2)19(13-16-7-4-3-5-8-16)20(24)23-17-9-6-10-18(14-17)27(25,26)22-12-11-21;/h3-10,14-15,19,22H,11-13,21H2,1-2H3,(H,23,24);1H. The topological polar surface area (TPSA) is 101 Å². The molecule has 2 rings (SSSR count). The van der Waals surface area contributed by atoms with Gasteiger partial charge in [-0.2, -0.15) is 0 Å². The SMILES string of the molecule is CC(C)C(Cc1ccccc1)C(=O)Nc1cccc(S(=O)(=O)NCCN)c1.Cl. The summed E-state index contributed by atoms with van der Waals surface area (Å²) in [5, 5.41) is 2.86. The summed E-state index contributed by atoms with van der Waals surface area (Å²) in [6.07, 6.45) is 0.625. The molecule has 6 nitrogen and oxygen atoms in total. The number of sulfonamides is 1. The Morgan fingerprint density at radius 2 is 1.75 bits per heavy atom. The van der Waals surface area contributed by atoms with Crippen molar-refractivity contribution < 1.29 is 13.2 Å². The largest absolute Gasteiger partial charge is 0.329 e. The Labute approximate surface area is 173 Å². The van der Waals surface area contributed by atoms with Crippen molar-refractivity contribution in [3.05, 3.63) is 60.2 Å². The molecule has 0 bridgehead atoms. The van der Waals surface area contributed by atoms with E-state index in [-0.39, 0.29) is 48.1 Å². The number of rotatable bonds is 9. The lowest BCUT2D eigenvalue weighted by atomic mass is 9.88. The van der Waals surface area contributed by atoms with Crippen molar-refractivity contribution in [3.8, 4) is 0 Å². The number of anilines is 1. The second-order valence-electron chi connectivity index (χ2n) is 6.74. The number of carbonyl (C=O) groups excluding carboxylic acids is 1. The third kappa shape index (κ3) is 6.91. The van der Waals surface area contributed by atoms with Crippen molar-refractivity contribution in [3.63, 3.8) is 0 Å². The van der Waals surface area contributed by atoms with Crippen LogP contribution in [0.2, 0.25) is 0 Å². The van der Waals surface area contributed by atoms with Crippen LogP contribution in [0.5, 0.6) is 0 Å². The van der Waals surface area contributed by atoms with E-state index in [0.717, 1.165) is 5.56 Å². The number of carbonyl (C=O) groups is 1. The highest BCUT2D eigenvalue weighted by Gasteiger charge is 2.23.